The van der Waals surface area contributed by atoms with Crippen LogP contribution in [0.1, 0.15) is 28.0 Å². The Bertz CT molecular complexity index is 855. The van der Waals surface area contributed by atoms with Gasteiger partial charge >= 0.3 is 0 Å². The number of carbonyl (C=O) groups is 1. The number of carbonyl (C=O) groups excluding carboxylic acids is 1. The predicted molar refractivity (Wildman–Crippen MR) is 89.5 cm³/mol. The van der Waals surface area contributed by atoms with Crippen LogP contribution in [0, 0.1) is 6.92 Å². The molecule has 3 aromatic rings. The average molecular weight is 304 g/mol. The first-order chi connectivity index (χ1) is 11.2. The number of aryl methyl sites for hydroxylation is 1. The van der Waals surface area contributed by atoms with Crippen LogP contribution in [-0.4, -0.2) is 5.91 Å². The van der Waals surface area contributed by atoms with Crippen molar-refractivity contribution < 1.29 is 9.21 Å². The van der Waals surface area contributed by atoms with Crippen LogP contribution in [0.3, 0.4) is 0 Å². The average Bonchev–Trinajstić information content (AvgIpc) is 3.02. The Labute approximate surface area is 134 Å². The molecule has 0 spiro atoms. The minimum Gasteiger partial charge on any atom is -0.462 e. The molecule has 0 unspecified atom stereocenters. The van der Waals surface area contributed by atoms with Crippen molar-refractivity contribution in [3.63, 3.8) is 0 Å². The number of rotatable bonds is 2. The van der Waals surface area contributed by atoms with Crippen molar-refractivity contribution in [2.24, 2.45) is 0 Å². The van der Waals surface area contributed by atoms with E-state index in [1.54, 1.807) is 4.90 Å². The summed E-state index contributed by atoms with van der Waals surface area (Å²) in [6.45, 7) is 1.90. The third kappa shape index (κ3) is 2.28. The molecule has 114 valence electrons. The third-order valence-electron chi connectivity index (χ3n) is 3.99. The van der Waals surface area contributed by atoms with Crippen molar-refractivity contribution >= 4 is 17.3 Å². The van der Waals surface area contributed by atoms with Crippen LogP contribution in [-0.2, 0) is 0 Å². The second kappa shape index (κ2) is 5.32. The summed E-state index contributed by atoms with van der Waals surface area (Å²) in [5.41, 5.74) is 2.32. The molecular weight excluding hydrogens is 288 g/mol. The number of nitrogens with one attached hydrogen (secondary N) is 1. The van der Waals surface area contributed by atoms with Gasteiger partial charge in [-0.15, -0.1) is 0 Å². The van der Waals surface area contributed by atoms with Crippen LogP contribution in [0.15, 0.2) is 71.1 Å². The van der Waals surface area contributed by atoms with Gasteiger partial charge < -0.3 is 9.73 Å². The Balaban J connectivity index is 1.86. The molecule has 1 amide bonds. The molecule has 0 fully saturated rings. The van der Waals surface area contributed by atoms with Gasteiger partial charge in [-0.05, 0) is 43.3 Å². The first-order valence-electron chi connectivity index (χ1n) is 7.54. The summed E-state index contributed by atoms with van der Waals surface area (Å²) in [6, 6.07) is 21.0. The molecule has 23 heavy (non-hydrogen) atoms. The largest absolute Gasteiger partial charge is 0.462 e. The molecule has 1 aromatic heterocycles. The Morgan fingerprint density at radius 3 is 2.43 bits per heavy atom. The van der Waals surface area contributed by atoms with Crippen LogP contribution in [0.25, 0.3) is 0 Å². The molecule has 4 rings (SSSR count). The Morgan fingerprint density at radius 1 is 0.957 bits per heavy atom. The first-order valence-corrected chi connectivity index (χ1v) is 7.54. The Morgan fingerprint density at radius 2 is 1.70 bits per heavy atom. The van der Waals surface area contributed by atoms with E-state index in [0.29, 0.717) is 11.3 Å². The van der Waals surface area contributed by atoms with Crippen LogP contribution < -0.4 is 10.2 Å². The molecule has 1 aliphatic heterocycles. The van der Waals surface area contributed by atoms with Crippen LogP contribution >= 0.6 is 0 Å². The summed E-state index contributed by atoms with van der Waals surface area (Å²) < 4.78 is 5.78. The molecule has 0 saturated heterocycles. The molecule has 2 aromatic carbocycles. The number of amides is 1. The lowest BCUT2D eigenvalue weighted by Crippen LogP contribution is -2.43. The Kier molecular flexibility index (Phi) is 3.15. The molecule has 1 N–H and O–H groups in total. The number of para-hydroxylation sites is 2. The zero-order valence-electron chi connectivity index (χ0n) is 12.7. The van der Waals surface area contributed by atoms with E-state index < -0.39 is 0 Å². The molecule has 4 nitrogen and oxygen atoms in total. The lowest BCUT2D eigenvalue weighted by molar-refractivity contribution is 0.0971. The van der Waals surface area contributed by atoms with Crippen LogP contribution in [0.2, 0.25) is 0 Å². The maximum Gasteiger partial charge on any atom is 0.262 e. The summed E-state index contributed by atoms with van der Waals surface area (Å²) in [7, 11) is 0. The van der Waals surface area contributed by atoms with E-state index in [2.05, 4.69) is 5.32 Å². The van der Waals surface area contributed by atoms with Crippen LogP contribution in [0.5, 0.6) is 0 Å². The van der Waals surface area contributed by atoms with E-state index in [1.807, 2.05) is 73.7 Å². The van der Waals surface area contributed by atoms with Gasteiger partial charge in [-0.2, -0.15) is 0 Å². The van der Waals surface area contributed by atoms with E-state index >= 15 is 0 Å². The molecule has 1 atom stereocenters. The minimum absolute atomic E-state index is 0.0374. The maximum atomic E-state index is 13.1. The minimum atomic E-state index is -0.367. The third-order valence-corrected chi connectivity index (χ3v) is 3.99. The summed E-state index contributed by atoms with van der Waals surface area (Å²) >= 11 is 0. The quantitative estimate of drug-likeness (QED) is 0.765. The number of furan rings is 1. The van der Waals surface area contributed by atoms with Gasteiger partial charge in [-0.3, -0.25) is 9.69 Å². The first kappa shape index (κ1) is 13.6. The molecule has 0 bridgehead atoms. The number of nitrogens with zero attached hydrogens (tertiary/aromatic N) is 1. The van der Waals surface area contributed by atoms with Crippen molar-refractivity contribution in [3.8, 4) is 0 Å². The van der Waals surface area contributed by atoms with E-state index in [9.17, 15) is 4.79 Å². The zero-order chi connectivity index (χ0) is 15.8. The van der Waals surface area contributed by atoms with Crippen molar-refractivity contribution in [2.45, 2.75) is 13.1 Å². The van der Waals surface area contributed by atoms with E-state index in [1.165, 1.54) is 0 Å². The fraction of sp³-hybridized carbons (Fsp3) is 0.105. The predicted octanol–water partition coefficient (Wildman–Crippen LogP) is 4.36. The van der Waals surface area contributed by atoms with Crippen molar-refractivity contribution in [1.82, 2.24) is 0 Å². The smallest absolute Gasteiger partial charge is 0.262 e. The second-order valence-corrected chi connectivity index (χ2v) is 5.55. The number of fused-ring (bicyclic) bond motifs is 1. The fourth-order valence-corrected chi connectivity index (χ4v) is 2.91. The normalized spacial score (nSPS) is 16.8. The van der Waals surface area contributed by atoms with Crippen molar-refractivity contribution in [3.05, 3.63) is 83.8 Å². The zero-order valence-corrected chi connectivity index (χ0v) is 12.7. The van der Waals surface area contributed by atoms with Gasteiger partial charge in [0.15, 0.2) is 6.17 Å². The SMILES string of the molecule is Cc1ccc([C@@H]2Nc3ccccc3C(=O)N2c2ccccc2)o1. The topological polar surface area (TPSA) is 45.5 Å². The summed E-state index contributed by atoms with van der Waals surface area (Å²) in [4.78, 5) is 14.8. The maximum absolute atomic E-state index is 13.1. The summed E-state index contributed by atoms with van der Waals surface area (Å²) in [6.07, 6.45) is -0.367. The summed E-state index contributed by atoms with van der Waals surface area (Å²) in [5.74, 6) is 1.50. The van der Waals surface area contributed by atoms with Crippen LogP contribution in [0.4, 0.5) is 11.4 Å². The van der Waals surface area contributed by atoms with Gasteiger partial charge in [0.2, 0.25) is 0 Å². The van der Waals surface area contributed by atoms with Crippen molar-refractivity contribution in [1.29, 1.82) is 0 Å². The van der Waals surface area contributed by atoms with Gasteiger partial charge in [0, 0.05) is 11.4 Å². The second-order valence-electron chi connectivity index (χ2n) is 5.55. The summed E-state index contributed by atoms with van der Waals surface area (Å²) in [5, 5.41) is 3.42. The Hall–Kier alpha value is -3.01. The van der Waals surface area contributed by atoms with Gasteiger partial charge in [0.1, 0.15) is 11.5 Å². The number of anilines is 2. The highest BCUT2D eigenvalue weighted by atomic mass is 16.3. The standard InChI is InChI=1S/C19H16N2O2/c1-13-11-12-17(23-13)18-20-16-10-6-5-9-15(16)19(22)21(18)14-7-3-2-4-8-14/h2-12,18,20H,1H3/t18-/m1/s1. The molecule has 0 radical (unpaired) electrons. The molecular formula is C19H16N2O2. The highest BCUT2D eigenvalue weighted by molar-refractivity contribution is 6.12. The van der Waals surface area contributed by atoms with E-state index in [-0.39, 0.29) is 12.1 Å². The molecule has 0 aliphatic carbocycles. The lowest BCUT2D eigenvalue weighted by atomic mass is 10.1. The highest BCUT2D eigenvalue weighted by Gasteiger charge is 2.35. The van der Waals surface area contributed by atoms with Gasteiger partial charge in [0.05, 0.1) is 5.56 Å². The van der Waals surface area contributed by atoms with Crippen molar-refractivity contribution in [2.75, 3.05) is 10.2 Å². The monoisotopic (exact) mass is 304 g/mol. The van der Waals surface area contributed by atoms with E-state index in [4.69, 9.17) is 4.42 Å². The highest BCUT2D eigenvalue weighted by Crippen LogP contribution is 2.36. The number of benzene rings is 2. The molecule has 2 heterocycles. The van der Waals surface area contributed by atoms with Gasteiger partial charge in [-0.25, -0.2) is 0 Å². The van der Waals surface area contributed by atoms with Gasteiger partial charge in [0.25, 0.3) is 5.91 Å². The molecule has 0 saturated carbocycles. The van der Waals surface area contributed by atoms with Gasteiger partial charge in [-0.1, -0.05) is 30.3 Å². The fourth-order valence-electron chi connectivity index (χ4n) is 2.91. The lowest BCUT2D eigenvalue weighted by Gasteiger charge is -2.36. The molecule has 4 heteroatoms. The van der Waals surface area contributed by atoms with E-state index in [0.717, 1.165) is 17.1 Å². The number of hydrogen-bond donors (Lipinski definition) is 1. The molecule has 1 aliphatic rings. The number of hydrogen-bond acceptors (Lipinski definition) is 3.